The third-order valence-electron chi connectivity index (χ3n) is 4.84. The van der Waals surface area contributed by atoms with Gasteiger partial charge in [0.05, 0.1) is 12.6 Å². The number of aliphatic hydroxyl groups excluding tert-OH is 1. The van der Waals surface area contributed by atoms with Crippen LogP contribution in [0.25, 0.3) is 0 Å². The van der Waals surface area contributed by atoms with Gasteiger partial charge in [0.25, 0.3) is 0 Å². The van der Waals surface area contributed by atoms with Gasteiger partial charge in [0, 0.05) is 52.2 Å². The number of rotatable bonds is 7. The third-order valence-corrected chi connectivity index (χ3v) is 4.84. The number of aromatic nitrogens is 1. The molecule has 2 aromatic rings. The quantitative estimate of drug-likeness (QED) is 0.511. The molecule has 1 aliphatic rings. The number of aliphatic hydroxyl groups is 1. The zero-order valence-electron chi connectivity index (χ0n) is 16.4. The zero-order chi connectivity index (χ0) is 19.1. The maximum absolute atomic E-state index is 10.5. The Morgan fingerprint density at radius 1 is 1.22 bits per heavy atom. The topological polar surface area (TPSA) is 64.8 Å². The minimum Gasteiger partial charge on any atom is -0.390 e. The summed E-state index contributed by atoms with van der Waals surface area (Å²) >= 11 is 0. The summed E-state index contributed by atoms with van der Waals surface area (Å²) in [6, 6.07) is 10.6. The molecular formula is C21H31N5O. The molecule has 0 bridgehead atoms. The van der Waals surface area contributed by atoms with Gasteiger partial charge in [-0.25, -0.2) is 4.99 Å². The summed E-state index contributed by atoms with van der Waals surface area (Å²) in [7, 11) is 2.01. The van der Waals surface area contributed by atoms with Gasteiger partial charge in [0.1, 0.15) is 0 Å². The number of nitrogens with zero attached hydrogens (tertiary/aromatic N) is 3. The summed E-state index contributed by atoms with van der Waals surface area (Å²) in [5, 5.41) is 17.0. The molecule has 0 fully saturated rings. The van der Waals surface area contributed by atoms with Crippen LogP contribution in [-0.4, -0.2) is 52.8 Å². The number of hydrogen-bond donors (Lipinski definition) is 3. The van der Waals surface area contributed by atoms with Gasteiger partial charge in [-0.15, -0.1) is 0 Å². The van der Waals surface area contributed by atoms with Crippen molar-refractivity contribution in [2.45, 2.75) is 32.5 Å². The second-order valence-corrected chi connectivity index (χ2v) is 7.17. The van der Waals surface area contributed by atoms with Gasteiger partial charge in [0.15, 0.2) is 5.96 Å². The summed E-state index contributed by atoms with van der Waals surface area (Å²) in [6.45, 7) is 6.51. The number of hydrogen-bond acceptors (Lipinski definition) is 3. The van der Waals surface area contributed by atoms with Gasteiger partial charge in [-0.2, -0.15) is 0 Å². The molecular weight excluding hydrogens is 338 g/mol. The first-order chi connectivity index (χ1) is 13.1. The fraction of sp³-hybridized carbons (Fsp3) is 0.476. The van der Waals surface area contributed by atoms with E-state index in [4.69, 9.17) is 0 Å². The van der Waals surface area contributed by atoms with E-state index in [0.29, 0.717) is 19.6 Å². The van der Waals surface area contributed by atoms with Crippen LogP contribution in [0.5, 0.6) is 0 Å². The lowest BCUT2D eigenvalue weighted by Gasteiger charge is -2.30. The van der Waals surface area contributed by atoms with Crippen LogP contribution in [-0.2, 0) is 26.6 Å². The number of aryl methyl sites for hydroxylation is 1. The number of aliphatic imine (C=N–C) groups is 1. The lowest BCUT2D eigenvalue weighted by molar-refractivity contribution is 0.108. The molecule has 0 spiro atoms. The van der Waals surface area contributed by atoms with Crippen LogP contribution < -0.4 is 10.6 Å². The molecule has 0 saturated heterocycles. The molecule has 3 rings (SSSR count). The van der Waals surface area contributed by atoms with Crippen molar-refractivity contribution in [3.8, 4) is 0 Å². The largest absolute Gasteiger partial charge is 0.390 e. The van der Waals surface area contributed by atoms with Crippen molar-refractivity contribution in [3.63, 3.8) is 0 Å². The van der Waals surface area contributed by atoms with E-state index < -0.39 is 6.10 Å². The summed E-state index contributed by atoms with van der Waals surface area (Å²) in [4.78, 5) is 6.92. The fourth-order valence-corrected chi connectivity index (χ4v) is 3.45. The van der Waals surface area contributed by atoms with Crippen molar-refractivity contribution in [1.82, 2.24) is 20.1 Å². The Morgan fingerprint density at radius 2 is 2.04 bits per heavy atom. The molecule has 3 N–H and O–H groups in total. The molecule has 1 atom stereocenters. The van der Waals surface area contributed by atoms with Crippen molar-refractivity contribution < 1.29 is 5.11 Å². The lowest BCUT2D eigenvalue weighted by Crippen LogP contribution is -2.45. The fourth-order valence-electron chi connectivity index (χ4n) is 3.45. The van der Waals surface area contributed by atoms with Crippen LogP contribution >= 0.6 is 0 Å². The Labute approximate surface area is 161 Å². The molecule has 0 aliphatic carbocycles. The third kappa shape index (κ3) is 5.84. The number of guanidine groups is 1. The summed E-state index contributed by atoms with van der Waals surface area (Å²) in [5.74, 6) is 0.740. The van der Waals surface area contributed by atoms with E-state index >= 15 is 0 Å². The van der Waals surface area contributed by atoms with Crippen molar-refractivity contribution in [3.05, 3.63) is 59.4 Å². The summed E-state index contributed by atoms with van der Waals surface area (Å²) in [6.07, 6.45) is 4.70. The van der Waals surface area contributed by atoms with Gasteiger partial charge >= 0.3 is 0 Å². The van der Waals surface area contributed by atoms with E-state index in [1.807, 2.05) is 24.7 Å². The van der Waals surface area contributed by atoms with Crippen LogP contribution in [0.3, 0.4) is 0 Å². The van der Waals surface area contributed by atoms with Crippen molar-refractivity contribution in [2.75, 3.05) is 26.2 Å². The molecule has 1 aromatic carbocycles. The van der Waals surface area contributed by atoms with Crippen molar-refractivity contribution in [2.24, 2.45) is 12.0 Å². The van der Waals surface area contributed by atoms with E-state index in [1.165, 1.54) is 16.7 Å². The molecule has 0 saturated carbocycles. The first-order valence-electron chi connectivity index (χ1n) is 9.74. The molecule has 0 radical (unpaired) electrons. The highest BCUT2D eigenvalue weighted by Crippen LogP contribution is 2.18. The van der Waals surface area contributed by atoms with Gasteiger partial charge in [0.2, 0.25) is 0 Å². The van der Waals surface area contributed by atoms with Crippen molar-refractivity contribution in [1.29, 1.82) is 0 Å². The first-order valence-corrected chi connectivity index (χ1v) is 9.74. The predicted octanol–water partition coefficient (Wildman–Crippen LogP) is 1.50. The average Bonchev–Trinajstić information content (AvgIpc) is 3.09. The maximum atomic E-state index is 10.5. The Bertz CT molecular complexity index is 755. The molecule has 27 heavy (non-hydrogen) atoms. The van der Waals surface area contributed by atoms with E-state index in [9.17, 15) is 5.11 Å². The van der Waals surface area contributed by atoms with Gasteiger partial charge < -0.3 is 20.3 Å². The Morgan fingerprint density at radius 3 is 2.78 bits per heavy atom. The monoisotopic (exact) mass is 369 g/mol. The van der Waals surface area contributed by atoms with E-state index in [2.05, 4.69) is 57.1 Å². The smallest absolute Gasteiger partial charge is 0.191 e. The van der Waals surface area contributed by atoms with Crippen LogP contribution in [0, 0.1) is 0 Å². The molecule has 1 unspecified atom stereocenters. The average molecular weight is 370 g/mol. The van der Waals surface area contributed by atoms with E-state index in [1.54, 1.807) is 0 Å². The van der Waals surface area contributed by atoms with E-state index in [0.717, 1.165) is 32.0 Å². The Kier molecular flexibility index (Phi) is 6.90. The number of fused-ring (bicyclic) bond motifs is 1. The second kappa shape index (κ2) is 9.58. The molecule has 146 valence electrons. The van der Waals surface area contributed by atoms with Gasteiger partial charge in [-0.1, -0.05) is 24.3 Å². The number of nitrogens with one attached hydrogen (secondary N) is 2. The molecule has 1 aliphatic heterocycles. The van der Waals surface area contributed by atoms with Crippen LogP contribution in [0.1, 0.15) is 23.6 Å². The normalized spacial score (nSPS) is 16.0. The highest BCUT2D eigenvalue weighted by Gasteiger charge is 2.18. The van der Waals surface area contributed by atoms with Crippen molar-refractivity contribution >= 4 is 5.96 Å². The van der Waals surface area contributed by atoms with Gasteiger partial charge in [-0.05, 0) is 36.1 Å². The Hall–Kier alpha value is -2.31. The molecule has 2 heterocycles. The minimum absolute atomic E-state index is 0.434. The number of β-amino-alcohol motifs (C(OH)–C–C–N with tert-alkyl or cyclic N) is 1. The SMILES string of the molecule is CCNC(=NCc1ccn(C)c1)NCC(O)CN1CCc2ccccc2C1. The highest BCUT2D eigenvalue weighted by molar-refractivity contribution is 5.79. The molecule has 6 heteroatoms. The number of benzene rings is 1. The Balaban J connectivity index is 1.47. The van der Waals surface area contributed by atoms with E-state index in [-0.39, 0.29) is 0 Å². The first kappa shape index (κ1) is 19.5. The predicted molar refractivity (Wildman–Crippen MR) is 110 cm³/mol. The summed E-state index contributed by atoms with van der Waals surface area (Å²) in [5.41, 5.74) is 3.98. The van der Waals surface area contributed by atoms with Crippen LogP contribution in [0.2, 0.25) is 0 Å². The molecule has 0 amide bonds. The second-order valence-electron chi connectivity index (χ2n) is 7.17. The van der Waals surface area contributed by atoms with Crippen LogP contribution in [0.4, 0.5) is 0 Å². The highest BCUT2D eigenvalue weighted by atomic mass is 16.3. The van der Waals surface area contributed by atoms with Crippen LogP contribution in [0.15, 0.2) is 47.7 Å². The van der Waals surface area contributed by atoms with Gasteiger partial charge in [-0.3, -0.25) is 4.90 Å². The molecule has 6 nitrogen and oxygen atoms in total. The minimum atomic E-state index is -0.434. The lowest BCUT2D eigenvalue weighted by atomic mass is 10.00. The molecule has 1 aromatic heterocycles. The zero-order valence-corrected chi connectivity index (χ0v) is 16.4. The maximum Gasteiger partial charge on any atom is 0.191 e. The standard InChI is InChI=1S/C21H31N5O/c1-3-22-21(23-12-17-8-10-25(2)14-17)24-13-20(27)16-26-11-9-18-6-4-5-7-19(18)15-26/h4-8,10,14,20,27H,3,9,11-13,15-16H2,1-2H3,(H2,22,23,24). The summed E-state index contributed by atoms with van der Waals surface area (Å²) < 4.78 is 2.02.